The van der Waals surface area contributed by atoms with Gasteiger partial charge >= 0.3 is 0 Å². The van der Waals surface area contributed by atoms with Gasteiger partial charge in [0.15, 0.2) is 5.11 Å². The molecule has 0 atom stereocenters. The van der Waals surface area contributed by atoms with Gasteiger partial charge in [-0.25, -0.2) is 0 Å². The highest BCUT2D eigenvalue weighted by atomic mass is 35.5. The van der Waals surface area contributed by atoms with Gasteiger partial charge in [-0.2, -0.15) is 0 Å². The van der Waals surface area contributed by atoms with Crippen LogP contribution in [0.25, 0.3) is 4.85 Å². The Hall–Kier alpha value is -3.39. The first-order valence-corrected chi connectivity index (χ1v) is 11.8. The van der Waals surface area contributed by atoms with E-state index in [-0.39, 0.29) is 29.3 Å². The van der Waals surface area contributed by atoms with Gasteiger partial charge in [-0.05, 0) is 62.3 Å². The molecule has 0 unspecified atom stereocenters. The number of anilines is 2. The molecule has 1 saturated heterocycles. The number of benzene rings is 1. The van der Waals surface area contributed by atoms with Crippen molar-refractivity contribution >= 4 is 69.3 Å². The van der Waals surface area contributed by atoms with Crippen molar-refractivity contribution in [2.45, 2.75) is 32.9 Å². The van der Waals surface area contributed by atoms with Crippen LogP contribution >= 0.6 is 35.2 Å². The van der Waals surface area contributed by atoms with Gasteiger partial charge in [-0.15, -0.1) is 16.3 Å². The molecule has 8 nitrogen and oxygen atoms in total. The first-order chi connectivity index (χ1) is 16.1. The number of aryl methyl sites for hydroxylation is 1. The summed E-state index contributed by atoms with van der Waals surface area (Å²) in [5.74, 6) is -0.160. The number of carbonyl (C=O) groups excluding carboxylic acids is 2. The van der Waals surface area contributed by atoms with Crippen LogP contribution in [0, 0.1) is 13.5 Å². The van der Waals surface area contributed by atoms with Crippen molar-refractivity contribution in [2.24, 2.45) is 0 Å². The Kier molecular flexibility index (Phi) is 6.36. The number of hydrogen-bond donors (Lipinski definition) is 1. The molecule has 1 N–H and O–H groups in total. The molecule has 34 heavy (non-hydrogen) atoms. The zero-order chi connectivity index (χ0) is 24.6. The SMILES string of the molecule is [C-]#[N+]c1ncc(N2C(=O)C(C)(C)N(c3ccc(CNC(=O)c4cncs4)c(Cl)c3)C2=S)cc1C. The van der Waals surface area contributed by atoms with E-state index >= 15 is 0 Å². The second-order valence-corrected chi connectivity index (χ2v) is 9.75. The summed E-state index contributed by atoms with van der Waals surface area (Å²) >= 11 is 13.5. The number of thiocarbonyl (C=S) groups is 1. The molecule has 1 aromatic carbocycles. The van der Waals surface area contributed by atoms with Crippen molar-refractivity contribution in [1.82, 2.24) is 15.3 Å². The Morgan fingerprint density at radius 2 is 2.06 bits per heavy atom. The summed E-state index contributed by atoms with van der Waals surface area (Å²) in [6.07, 6.45) is 2.99. The first kappa shape index (κ1) is 23.8. The van der Waals surface area contributed by atoms with Crippen LogP contribution in [-0.4, -0.2) is 32.4 Å². The second kappa shape index (κ2) is 9.10. The zero-order valence-electron chi connectivity index (χ0n) is 18.5. The minimum Gasteiger partial charge on any atom is -0.360 e. The van der Waals surface area contributed by atoms with Crippen LogP contribution in [0.3, 0.4) is 0 Å². The fraction of sp³-hybridized carbons (Fsp3) is 0.217. The highest BCUT2D eigenvalue weighted by molar-refractivity contribution is 7.81. The van der Waals surface area contributed by atoms with Crippen molar-refractivity contribution in [2.75, 3.05) is 9.80 Å². The van der Waals surface area contributed by atoms with E-state index in [1.807, 2.05) is 6.07 Å². The van der Waals surface area contributed by atoms with Crippen LogP contribution in [0.4, 0.5) is 17.2 Å². The van der Waals surface area contributed by atoms with Gasteiger partial charge in [0.1, 0.15) is 16.6 Å². The number of aromatic nitrogens is 2. The van der Waals surface area contributed by atoms with Crippen molar-refractivity contribution in [3.63, 3.8) is 0 Å². The van der Waals surface area contributed by atoms with Gasteiger partial charge in [-0.1, -0.05) is 24.2 Å². The molecule has 0 bridgehead atoms. The molecular weight excluding hydrogens is 492 g/mol. The fourth-order valence-corrected chi connectivity index (χ4v) is 4.96. The van der Waals surface area contributed by atoms with Crippen molar-refractivity contribution < 1.29 is 9.59 Å². The lowest BCUT2D eigenvalue weighted by Gasteiger charge is -2.29. The average Bonchev–Trinajstić information content (AvgIpc) is 3.39. The Balaban J connectivity index is 1.59. The molecule has 0 aliphatic carbocycles. The van der Waals surface area contributed by atoms with Crippen LogP contribution in [0.5, 0.6) is 0 Å². The van der Waals surface area contributed by atoms with Crippen LogP contribution in [0.2, 0.25) is 5.02 Å². The normalized spacial score (nSPS) is 14.9. The number of nitrogens with one attached hydrogen (secondary N) is 1. The molecule has 3 aromatic rings. The molecular formula is C23H19ClN6O2S2. The van der Waals surface area contributed by atoms with E-state index in [0.29, 0.717) is 26.8 Å². The first-order valence-electron chi connectivity index (χ1n) is 10.1. The smallest absolute Gasteiger partial charge is 0.272 e. The lowest BCUT2D eigenvalue weighted by molar-refractivity contribution is -0.120. The van der Waals surface area contributed by atoms with Gasteiger partial charge in [0, 0.05) is 17.3 Å². The summed E-state index contributed by atoms with van der Waals surface area (Å²) in [6, 6.07) is 7.07. The molecule has 0 saturated carbocycles. The number of halogens is 1. The maximum atomic E-state index is 13.4. The van der Waals surface area contributed by atoms with Crippen molar-refractivity contribution in [3.8, 4) is 0 Å². The Morgan fingerprint density at radius 1 is 1.29 bits per heavy atom. The molecule has 0 radical (unpaired) electrons. The van der Waals surface area contributed by atoms with E-state index < -0.39 is 5.54 Å². The van der Waals surface area contributed by atoms with Crippen LogP contribution in [-0.2, 0) is 11.3 Å². The maximum absolute atomic E-state index is 13.4. The summed E-state index contributed by atoms with van der Waals surface area (Å²) < 4.78 is 0. The monoisotopic (exact) mass is 510 g/mol. The topological polar surface area (TPSA) is 82.8 Å². The summed E-state index contributed by atoms with van der Waals surface area (Å²) in [4.78, 5) is 40.7. The van der Waals surface area contributed by atoms with E-state index in [0.717, 1.165) is 5.56 Å². The molecule has 2 amide bonds. The number of rotatable bonds is 5. The minimum absolute atomic E-state index is 0.216. The van der Waals surface area contributed by atoms with E-state index in [1.54, 1.807) is 49.4 Å². The predicted molar refractivity (Wildman–Crippen MR) is 137 cm³/mol. The Morgan fingerprint density at radius 3 is 2.68 bits per heavy atom. The van der Waals surface area contributed by atoms with Gasteiger partial charge < -0.3 is 15.1 Å². The standard InChI is InChI=1S/C23H19ClN6O2S2/c1-13-7-16(10-27-19(13)25-4)29-21(32)23(2,3)30(22(29)33)15-6-5-14(17(24)8-15)9-28-20(31)18-11-26-12-34-18/h5-8,10-12H,9H2,1-3H3,(H,28,31). The predicted octanol–water partition coefficient (Wildman–Crippen LogP) is 4.90. The number of thiazole rings is 1. The lowest BCUT2D eigenvalue weighted by atomic mass is 10.0. The fourth-order valence-electron chi connectivity index (χ4n) is 3.66. The van der Waals surface area contributed by atoms with Crippen LogP contribution in [0.15, 0.2) is 42.2 Å². The third kappa shape index (κ3) is 4.14. The van der Waals surface area contributed by atoms with Gasteiger partial charge in [-0.3, -0.25) is 19.5 Å². The summed E-state index contributed by atoms with van der Waals surface area (Å²) in [5.41, 5.74) is 3.16. The molecule has 0 spiro atoms. The number of carbonyl (C=O) groups is 2. The highest BCUT2D eigenvalue weighted by Gasteiger charge is 2.50. The molecule has 1 fully saturated rings. The van der Waals surface area contributed by atoms with E-state index in [2.05, 4.69) is 20.1 Å². The summed E-state index contributed by atoms with van der Waals surface area (Å²) in [6.45, 7) is 12.8. The molecule has 172 valence electrons. The number of hydrogen-bond acceptors (Lipinski definition) is 6. The van der Waals surface area contributed by atoms with Gasteiger partial charge in [0.05, 0.1) is 17.4 Å². The molecule has 2 aromatic heterocycles. The molecule has 3 heterocycles. The van der Waals surface area contributed by atoms with E-state index in [9.17, 15) is 9.59 Å². The van der Waals surface area contributed by atoms with Gasteiger partial charge in [0.25, 0.3) is 17.6 Å². The van der Waals surface area contributed by atoms with Crippen molar-refractivity contribution in [1.29, 1.82) is 0 Å². The number of nitrogens with zero attached hydrogens (tertiary/aromatic N) is 5. The summed E-state index contributed by atoms with van der Waals surface area (Å²) in [5, 5.41) is 3.55. The largest absolute Gasteiger partial charge is 0.360 e. The quantitative estimate of drug-likeness (QED) is 0.388. The Labute approximate surface area is 211 Å². The number of amides is 2. The van der Waals surface area contributed by atoms with Crippen LogP contribution < -0.4 is 15.1 Å². The maximum Gasteiger partial charge on any atom is 0.272 e. The summed E-state index contributed by atoms with van der Waals surface area (Å²) in [7, 11) is 0. The molecule has 1 aliphatic rings. The van der Waals surface area contributed by atoms with Gasteiger partial charge in [0.2, 0.25) is 0 Å². The van der Waals surface area contributed by atoms with Crippen molar-refractivity contribution in [3.05, 3.63) is 74.6 Å². The highest BCUT2D eigenvalue weighted by Crippen LogP contribution is 2.38. The molecule has 4 rings (SSSR count). The number of pyridine rings is 1. The average molecular weight is 511 g/mol. The Bertz CT molecular complexity index is 1350. The zero-order valence-corrected chi connectivity index (χ0v) is 20.9. The third-order valence-corrected chi connectivity index (χ3v) is 6.95. The molecule has 1 aliphatic heterocycles. The second-order valence-electron chi connectivity index (χ2n) is 8.09. The lowest BCUT2D eigenvalue weighted by Crippen LogP contribution is -2.44. The van der Waals surface area contributed by atoms with E-state index in [4.69, 9.17) is 30.4 Å². The third-order valence-electron chi connectivity index (χ3n) is 5.46. The van der Waals surface area contributed by atoms with Crippen LogP contribution in [0.1, 0.15) is 34.6 Å². The minimum atomic E-state index is -0.977. The molecule has 11 heteroatoms. The van der Waals surface area contributed by atoms with E-state index in [1.165, 1.54) is 28.6 Å².